The first-order valence-electron chi connectivity index (χ1n) is 6.69. The molecule has 0 unspecified atom stereocenters. The molecule has 0 saturated carbocycles. The van der Waals surface area contributed by atoms with E-state index in [0.29, 0.717) is 17.7 Å². The van der Waals surface area contributed by atoms with Crippen molar-refractivity contribution in [3.63, 3.8) is 0 Å². The molecule has 6 nitrogen and oxygen atoms in total. The minimum atomic E-state index is -0.531. The van der Waals surface area contributed by atoms with Crippen molar-refractivity contribution in [1.29, 1.82) is 5.26 Å². The average Bonchev–Trinajstić information content (AvgIpc) is 2.55. The molecule has 0 aliphatic rings. The number of Topliss-reactive ketones (excluding diaryl/α,β-unsaturated/α-hetero) is 2. The van der Waals surface area contributed by atoms with E-state index >= 15 is 0 Å². The van der Waals surface area contributed by atoms with Crippen molar-refractivity contribution in [2.24, 2.45) is 0 Å². The fourth-order valence-corrected chi connectivity index (χ4v) is 2.06. The Morgan fingerprint density at radius 2 is 1.95 bits per heavy atom. The van der Waals surface area contributed by atoms with Gasteiger partial charge in [-0.2, -0.15) is 5.26 Å². The number of hydrogen-bond donors (Lipinski definition) is 1. The molecule has 0 fully saturated rings. The van der Waals surface area contributed by atoms with Crippen LogP contribution >= 0.6 is 0 Å². The maximum absolute atomic E-state index is 12.3. The van der Waals surface area contributed by atoms with Gasteiger partial charge in [0.2, 0.25) is 0 Å². The van der Waals surface area contributed by atoms with E-state index in [4.69, 9.17) is 5.26 Å². The van der Waals surface area contributed by atoms with Crippen LogP contribution in [0.2, 0.25) is 0 Å². The van der Waals surface area contributed by atoms with E-state index in [1.807, 2.05) is 0 Å². The van der Waals surface area contributed by atoms with E-state index in [0.717, 1.165) is 0 Å². The first-order chi connectivity index (χ1) is 10.6. The van der Waals surface area contributed by atoms with Gasteiger partial charge in [0.1, 0.15) is 11.6 Å². The molecule has 0 bridgehead atoms. The van der Waals surface area contributed by atoms with Crippen LogP contribution in [0.1, 0.15) is 45.3 Å². The molecule has 0 saturated heterocycles. The van der Waals surface area contributed by atoms with Gasteiger partial charge in [-0.3, -0.25) is 19.4 Å². The average molecular weight is 295 g/mol. The Morgan fingerprint density at radius 3 is 2.55 bits per heavy atom. The van der Waals surface area contributed by atoms with E-state index in [9.17, 15) is 14.4 Å². The molecule has 2 aromatic heterocycles. The van der Waals surface area contributed by atoms with Crippen molar-refractivity contribution in [2.75, 3.05) is 0 Å². The summed E-state index contributed by atoms with van der Waals surface area (Å²) in [7, 11) is 0. The second kappa shape index (κ2) is 6.59. The molecule has 0 aliphatic carbocycles. The number of aromatic amines is 1. The van der Waals surface area contributed by atoms with E-state index < -0.39 is 11.3 Å². The monoisotopic (exact) mass is 295 g/mol. The van der Waals surface area contributed by atoms with E-state index in [2.05, 4.69) is 9.97 Å². The molecule has 0 atom stereocenters. The highest BCUT2D eigenvalue weighted by atomic mass is 16.1. The number of carbonyl (C=O) groups is 2. The van der Waals surface area contributed by atoms with Gasteiger partial charge >= 0.3 is 0 Å². The molecule has 0 aromatic carbocycles. The van der Waals surface area contributed by atoms with Crippen molar-refractivity contribution < 1.29 is 9.59 Å². The van der Waals surface area contributed by atoms with Crippen LogP contribution in [0.15, 0.2) is 35.4 Å². The Bertz CT molecular complexity index is 817. The van der Waals surface area contributed by atoms with Crippen LogP contribution < -0.4 is 5.56 Å². The standard InChI is InChI=1S/C16H13N3O3/c1-2-13-12(7-11(9-17)16(22)19-13)15(21)8-14(20)10-3-5-18-6-4-10/h3-7H,2,8H2,1H3,(H,19,22). The highest BCUT2D eigenvalue weighted by Crippen LogP contribution is 2.12. The van der Waals surface area contributed by atoms with Gasteiger partial charge in [-0.05, 0) is 24.6 Å². The van der Waals surface area contributed by atoms with Crippen molar-refractivity contribution in [3.05, 3.63) is 63.3 Å². The zero-order valence-corrected chi connectivity index (χ0v) is 11.9. The number of aromatic nitrogens is 2. The third kappa shape index (κ3) is 3.15. The van der Waals surface area contributed by atoms with Crippen molar-refractivity contribution in [3.8, 4) is 6.07 Å². The van der Waals surface area contributed by atoms with Crippen LogP contribution in [0.3, 0.4) is 0 Å². The Labute approximate surface area is 126 Å². The number of pyridine rings is 2. The van der Waals surface area contributed by atoms with Crippen LogP contribution in [0.4, 0.5) is 0 Å². The summed E-state index contributed by atoms with van der Waals surface area (Å²) in [6.45, 7) is 1.78. The lowest BCUT2D eigenvalue weighted by molar-refractivity contribution is 0.0893. The lowest BCUT2D eigenvalue weighted by atomic mass is 9.99. The minimum absolute atomic E-state index is 0.142. The summed E-state index contributed by atoms with van der Waals surface area (Å²) >= 11 is 0. The van der Waals surface area contributed by atoms with Crippen LogP contribution in [-0.4, -0.2) is 21.5 Å². The SMILES string of the molecule is CCc1[nH]c(=O)c(C#N)cc1C(=O)CC(=O)c1ccncc1. The molecular weight excluding hydrogens is 282 g/mol. The largest absolute Gasteiger partial charge is 0.324 e. The second-order valence-electron chi connectivity index (χ2n) is 4.63. The Hall–Kier alpha value is -3.07. The summed E-state index contributed by atoms with van der Waals surface area (Å²) in [4.78, 5) is 42.3. The third-order valence-corrected chi connectivity index (χ3v) is 3.22. The van der Waals surface area contributed by atoms with Crippen molar-refractivity contribution in [1.82, 2.24) is 9.97 Å². The smallest absolute Gasteiger partial charge is 0.266 e. The molecule has 0 radical (unpaired) electrons. The fraction of sp³-hybridized carbons (Fsp3) is 0.188. The number of ketones is 2. The molecule has 6 heteroatoms. The molecule has 1 N–H and O–H groups in total. The molecule has 110 valence electrons. The maximum Gasteiger partial charge on any atom is 0.266 e. The number of rotatable bonds is 5. The molecule has 2 heterocycles. The first kappa shape index (κ1) is 15.3. The van der Waals surface area contributed by atoms with E-state index in [1.54, 1.807) is 13.0 Å². The predicted molar refractivity (Wildman–Crippen MR) is 78.7 cm³/mol. The zero-order chi connectivity index (χ0) is 16.1. The Morgan fingerprint density at radius 1 is 1.27 bits per heavy atom. The summed E-state index contributed by atoms with van der Waals surface area (Å²) in [5, 5.41) is 8.89. The Kier molecular flexibility index (Phi) is 4.59. The summed E-state index contributed by atoms with van der Waals surface area (Å²) in [5.41, 5.74) is 0.359. The van der Waals surface area contributed by atoms with E-state index in [1.165, 1.54) is 30.6 Å². The number of carbonyl (C=O) groups excluding carboxylic acids is 2. The number of nitrogens with one attached hydrogen (secondary N) is 1. The molecular formula is C16H13N3O3. The van der Waals surface area contributed by atoms with Gasteiger partial charge in [0, 0.05) is 29.2 Å². The first-order valence-corrected chi connectivity index (χ1v) is 6.69. The summed E-state index contributed by atoms with van der Waals surface area (Å²) in [6, 6.07) is 6.05. The van der Waals surface area contributed by atoms with E-state index in [-0.39, 0.29) is 23.3 Å². The number of hydrogen-bond acceptors (Lipinski definition) is 5. The molecule has 2 rings (SSSR count). The summed E-state index contributed by atoms with van der Waals surface area (Å²) < 4.78 is 0. The zero-order valence-electron chi connectivity index (χ0n) is 11.9. The second-order valence-corrected chi connectivity index (χ2v) is 4.63. The Balaban J connectivity index is 2.32. The van der Waals surface area contributed by atoms with Gasteiger partial charge in [-0.1, -0.05) is 6.92 Å². The molecule has 2 aromatic rings. The number of aryl methyl sites for hydroxylation is 1. The highest BCUT2D eigenvalue weighted by Gasteiger charge is 2.18. The quantitative estimate of drug-likeness (QED) is 0.667. The van der Waals surface area contributed by atoms with Crippen LogP contribution in [0.5, 0.6) is 0 Å². The third-order valence-electron chi connectivity index (χ3n) is 3.22. The van der Waals surface area contributed by atoms with Gasteiger partial charge in [-0.25, -0.2) is 0 Å². The van der Waals surface area contributed by atoms with Crippen molar-refractivity contribution in [2.45, 2.75) is 19.8 Å². The highest BCUT2D eigenvalue weighted by molar-refractivity contribution is 6.13. The molecule has 22 heavy (non-hydrogen) atoms. The van der Waals surface area contributed by atoms with Crippen LogP contribution in [0.25, 0.3) is 0 Å². The van der Waals surface area contributed by atoms with Gasteiger partial charge in [0.25, 0.3) is 5.56 Å². The van der Waals surface area contributed by atoms with Gasteiger partial charge in [0.05, 0.1) is 6.42 Å². The maximum atomic E-state index is 12.3. The van der Waals surface area contributed by atoms with Crippen LogP contribution in [0, 0.1) is 11.3 Å². The fourth-order valence-electron chi connectivity index (χ4n) is 2.06. The van der Waals surface area contributed by atoms with Gasteiger partial charge < -0.3 is 4.98 Å². The summed E-state index contributed by atoms with van der Waals surface area (Å²) in [6.07, 6.45) is 3.05. The lowest BCUT2D eigenvalue weighted by Gasteiger charge is -2.07. The minimum Gasteiger partial charge on any atom is -0.324 e. The topological polar surface area (TPSA) is 104 Å². The number of H-pyrrole nitrogens is 1. The number of nitriles is 1. The predicted octanol–water partition coefficient (Wildman–Crippen LogP) is 1.66. The van der Waals surface area contributed by atoms with Gasteiger partial charge in [0.15, 0.2) is 11.6 Å². The van der Waals surface area contributed by atoms with Crippen molar-refractivity contribution >= 4 is 11.6 Å². The van der Waals surface area contributed by atoms with Crippen LogP contribution in [-0.2, 0) is 6.42 Å². The molecule has 0 spiro atoms. The summed E-state index contributed by atoms with van der Waals surface area (Å²) in [5.74, 6) is -0.759. The normalized spacial score (nSPS) is 10.0. The number of nitrogens with zero attached hydrogens (tertiary/aromatic N) is 2. The molecule has 0 amide bonds. The van der Waals surface area contributed by atoms with Gasteiger partial charge in [-0.15, -0.1) is 0 Å². The lowest BCUT2D eigenvalue weighted by Crippen LogP contribution is -2.18. The molecule has 0 aliphatic heterocycles.